The first-order valence-electron chi connectivity index (χ1n) is 7.03. The first-order valence-corrected chi connectivity index (χ1v) is 12.1. The van der Waals surface area contributed by atoms with Crippen molar-refractivity contribution in [3.63, 3.8) is 0 Å². The topological polar surface area (TPSA) is 0 Å². The molecule has 0 atom stereocenters. The molecule has 4 heterocycles. The van der Waals surface area contributed by atoms with Crippen LogP contribution in [0.2, 0.25) is 0 Å². The van der Waals surface area contributed by atoms with Crippen molar-refractivity contribution in [1.82, 2.24) is 0 Å². The second-order valence-electron chi connectivity index (χ2n) is 5.15. The molecule has 0 bridgehead atoms. The molecule has 0 spiro atoms. The summed E-state index contributed by atoms with van der Waals surface area (Å²) in [4.78, 5) is 5.70. The molecule has 0 saturated carbocycles. The summed E-state index contributed by atoms with van der Waals surface area (Å²) in [5.41, 5.74) is 0. The summed E-state index contributed by atoms with van der Waals surface area (Å²) in [7, 11) is 0. The summed E-state index contributed by atoms with van der Waals surface area (Å²) in [5.74, 6) is 0. The van der Waals surface area contributed by atoms with Crippen LogP contribution in [0, 0.1) is 13.8 Å². The molecule has 0 fully saturated rings. The molecule has 4 rings (SSSR count). The Hall–Kier alpha value is -0.601. The normalized spacial score (nSPS) is 11.2. The van der Waals surface area contributed by atoms with E-state index >= 15 is 0 Å². The van der Waals surface area contributed by atoms with Crippen molar-refractivity contribution in [2.24, 2.45) is 0 Å². The molecule has 4 heteroatoms. The number of rotatable bonds is 3. The molecular weight excluding hydrogens is 438 g/mol. The molecule has 0 aliphatic heterocycles. The van der Waals surface area contributed by atoms with E-state index in [1.165, 1.54) is 37.3 Å². The van der Waals surface area contributed by atoms with Gasteiger partial charge in [-0.3, -0.25) is 0 Å². The third-order valence-electron chi connectivity index (χ3n) is 3.42. The van der Waals surface area contributed by atoms with Crippen molar-refractivity contribution < 1.29 is 0 Å². The number of aryl methyl sites for hydroxylation is 2. The van der Waals surface area contributed by atoms with Crippen molar-refractivity contribution in [2.45, 2.75) is 13.8 Å². The van der Waals surface area contributed by atoms with E-state index in [4.69, 9.17) is 0 Å². The molecule has 4 aromatic rings. The molecule has 110 valence electrons. The standard InChI is InChI=1S/C18H14S2Se2/c1-11-3-9-17(21-11)15-7-5-13(19-15)14-6-8-16(20-14)18-10-4-12(2)22-18/h3-10H,1-2H3. The fraction of sp³-hybridized carbons (Fsp3) is 0.111. The predicted molar refractivity (Wildman–Crippen MR) is 102 cm³/mol. The molecule has 0 aliphatic rings. The van der Waals surface area contributed by atoms with Gasteiger partial charge in [-0.1, -0.05) is 0 Å². The first-order chi connectivity index (χ1) is 10.7. The number of thiophene rings is 2. The zero-order valence-electron chi connectivity index (χ0n) is 12.3. The second kappa shape index (κ2) is 6.13. The van der Waals surface area contributed by atoms with Crippen LogP contribution in [0.3, 0.4) is 0 Å². The maximum atomic E-state index is 2.30. The van der Waals surface area contributed by atoms with Gasteiger partial charge in [0.2, 0.25) is 0 Å². The van der Waals surface area contributed by atoms with E-state index in [9.17, 15) is 0 Å². The Balaban J connectivity index is 1.65. The van der Waals surface area contributed by atoms with E-state index in [-0.39, 0.29) is 0 Å². The van der Waals surface area contributed by atoms with Crippen molar-refractivity contribution in [3.05, 3.63) is 57.4 Å². The summed E-state index contributed by atoms with van der Waals surface area (Å²) in [5, 5.41) is 0. The van der Waals surface area contributed by atoms with Gasteiger partial charge in [0.1, 0.15) is 0 Å². The van der Waals surface area contributed by atoms with Crippen LogP contribution in [0.1, 0.15) is 8.87 Å². The van der Waals surface area contributed by atoms with Crippen LogP contribution < -0.4 is 0 Å². The van der Waals surface area contributed by atoms with E-state index < -0.39 is 0 Å². The van der Waals surface area contributed by atoms with Crippen molar-refractivity contribution in [3.8, 4) is 28.4 Å². The fourth-order valence-electron chi connectivity index (χ4n) is 2.34. The minimum absolute atomic E-state index is 0.531. The van der Waals surface area contributed by atoms with Crippen molar-refractivity contribution in [2.75, 3.05) is 0 Å². The zero-order valence-corrected chi connectivity index (χ0v) is 17.3. The summed E-state index contributed by atoms with van der Waals surface area (Å²) < 4.78 is 6.10. The second-order valence-corrected chi connectivity index (χ2v) is 12.7. The van der Waals surface area contributed by atoms with Gasteiger partial charge in [0.15, 0.2) is 0 Å². The van der Waals surface area contributed by atoms with Crippen LogP contribution in [0.15, 0.2) is 48.5 Å². The minimum atomic E-state index is 0.531. The van der Waals surface area contributed by atoms with Crippen LogP contribution in [0.5, 0.6) is 0 Å². The Labute approximate surface area is 150 Å². The molecule has 0 amide bonds. The summed E-state index contributed by atoms with van der Waals surface area (Å²) in [6.45, 7) is 4.47. The summed E-state index contributed by atoms with van der Waals surface area (Å²) in [6, 6.07) is 18.3. The molecule has 0 aromatic carbocycles. The van der Waals surface area contributed by atoms with Crippen LogP contribution >= 0.6 is 22.7 Å². The van der Waals surface area contributed by atoms with E-state index in [1.54, 1.807) is 0 Å². The van der Waals surface area contributed by atoms with E-state index in [2.05, 4.69) is 62.4 Å². The predicted octanol–water partition coefficient (Wildman–Crippen LogP) is 5.54. The van der Waals surface area contributed by atoms with E-state index in [1.807, 2.05) is 22.7 Å². The fourth-order valence-corrected chi connectivity index (χ4v) is 8.54. The number of hydrogen-bond donors (Lipinski definition) is 0. The van der Waals surface area contributed by atoms with Gasteiger partial charge in [0.05, 0.1) is 0 Å². The average molecular weight is 452 g/mol. The van der Waals surface area contributed by atoms with E-state index in [0.29, 0.717) is 29.0 Å². The van der Waals surface area contributed by atoms with Crippen molar-refractivity contribution in [1.29, 1.82) is 0 Å². The van der Waals surface area contributed by atoms with Gasteiger partial charge >= 0.3 is 151 Å². The molecule has 4 aromatic heterocycles. The molecule has 0 radical (unpaired) electrons. The zero-order chi connectivity index (χ0) is 15.1. The third kappa shape index (κ3) is 2.92. The van der Waals surface area contributed by atoms with Gasteiger partial charge in [-0.25, -0.2) is 0 Å². The van der Waals surface area contributed by atoms with E-state index in [0.717, 1.165) is 0 Å². The molecule has 0 saturated heterocycles. The average Bonchev–Trinajstić information content (AvgIpc) is 3.24. The molecule has 22 heavy (non-hydrogen) atoms. The quantitative estimate of drug-likeness (QED) is 0.358. The van der Waals surface area contributed by atoms with Gasteiger partial charge in [-0.05, 0) is 0 Å². The Morgan fingerprint density at radius 2 is 0.955 bits per heavy atom. The maximum absolute atomic E-state index is 2.30. The molecule has 0 nitrogen and oxygen atoms in total. The Morgan fingerprint density at radius 3 is 1.32 bits per heavy atom. The van der Waals surface area contributed by atoms with Gasteiger partial charge in [0.25, 0.3) is 0 Å². The Bertz CT molecular complexity index is 844. The van der Waals surface area contributed by atoms with Gasteiger partial charge in [0, 0.05) is 0 Å². The molecule has 0 N–H and O–H groups in total. The van der Waals surface area contributed by atoms with Crippen LogP contribution in [-0.4, -0.2) is 29.0 Å². The Kier molecular flexibility index (Phi) is 4.17. The molecule has 0 unspecified atom stereocenters. The Morgan fingerprint density at radius 1 is 0.545 bits per heavy atom. The SMILES string of the molecule is Cc1ccc(-c2ccc(-c3ccc(-c4ccc(C)[se]4)s3)s2)[se]1. The van der Waals surface area contributed by atoms with Gasteiger partial charge in [-0.2, -0.15) is 0 Å². The van der Waals surface area contributed by atoms with Crippen LogP contribution in [-0.2, 0) is 0 Å². The van der Waals surface area contributed by atoms with Crippen molar-refractivity contribution >= 4 is 51.7 Å². The van der Waals surface area contributed by atoms with Crippen LogP contribution in [0.25, 0.3) is 28.4 Å². The summed E-state index contributed by atoms with van der Waals surface area (Å²) >= 11 is 4.94. The molecular formula is C18H14S2Se2. The first kappa shape index (κ1) is 15.0. The molecule has 0 aliphatic carbocycles. The van der Waals surface area contributed by atoms with Crippen LogP contribution in [0.4, 0.5) is 0 Å². The monoisotopic (exact) mass is 454 g/mol. The van der Waals surface area contributed by atoms with Gasteiger partial charge in [-0.15, -0.1) is 0 Å². The summed E-state index contributed by atoms with van der Waals surface area (Å²) in [6.07, 6.45) is 0. The number of hydrogen-bond acceptors (Lipinski definition) is 2. The van der Waals surface area contributed by atoms with Gasteiger partial charge < -0.3 is 0 Å². The third-order valence-corrected chi connectivity index (χ3v) is 10.8.